The fraction of sp³-hybridized carbons (Fsp3) is 0.389. The number of piperazine rings is 1. The molecule has 1 aromatic heterocycles. The number of anilines is 1. The molecule has 7 nitrogen and oxygen atoms in total. The van der Waals surface area contributed by atoms with Gasteiger partial charge in [0.25, 0.3) is 15.9 Å². The Bertz CT molecular complexity index is 940. The second-order valence-electron chi connectivity index (χ2n) is 6.61. The summed E-state index contributed by atoms with van der Waals surface area (Å²) >= 11 is 7.31. The molecular formula is C18H23ClN3O4S2+. The lowest BCUT2D eigenvalue weighted by atomic mass is 10.2. The van der Waals surface area contributed by atoms with Crippen LogP contribution in [0.1, 0.15) is 5.56 Å². The van der Waals surface area contributed by atoms with Crippen molar-refractivity contribution in [3.8, 4) is 5.75 Å². The number of carbonyl (C=O) groups excluding carboxylic acids is 1. The molecule has 0 unspecified atom stereocenters. The quantitative estimate of drug-likeness (QED) is 0.702. The van der Waals surface area contributed by atoms with E-state index in [-0.39, 0.29) is 12.5 Å². The Morgan fingerprint density at radius 3 is 2.68 bits per heavy atom. The Morgan fingerprint density at radius 1 is 1.36 bits per heavy atom. The molecule has 1 aromatic carbocycles. The zero-order chi connectivity index (χ0) is 20.3. The number of nitrogens with zero attached hydrogens (tertiary/aromatic N) is 1. The summed E-state index contributed by atoms with van der Waals surface area (Å²) in [6, 6.07) is 6.80. The maximum Gasteiger partial charge on any atom is 0.279 e. The molecule has 1 saturated heterocycles. The third-order valence-electron chi connectivity index (χ3n) is 4.68. The number of thiophene rings is 1. The number of quaternary nitrogens is 1. The van der Waals surface area contributed by atoms with Gasteiger partial charge in [-0.2, -0.15) is 4.31 Å². The molecule has 0 saturated carbocycles. The van der Waals surface area contributed by atoms with E-state index in [2.05, 4.69) is 5.32 Å². The van der Waals surface area contributed by atoms with E-state index in [1.807, 2.05) is 6.92 Å². The van der Waals surface area contributed by atoms with Crippen LogP contribution in [-0.2, 0) is 14.8 Å². The SMILES string of the molecule is COc1cc(Cl)c(C)cc1NC(=O)C[NH+]1CCN(S(=O)(=O)c2cccs2)CC1. The predicted molar refractivity (Wildman–Crippen MR) is 110 cm³/mol. The van der Waals surface area contributed by atoms with Crippen molar-refractivity contribution in [3.05, 3.63) is 40.2 Å². The Labute approximate surface area is 173 Å². The number of hydrogen-bond donors (Lipinski definition) is 2. The number of methoxy groups -OCH3 is 1. The molecule has 1 aliphatic rings. The minimum atomic E-state index is -3.43. The van der Waals surface area contributed by atoms with Gasteiger partial charge in [-0.25, -0.2) is 8.42 Å². The van der Waals surface area contributed by atoms with Gasteiger partial charge in [-0.1, -0.05) is 17.7 Å². The summed E-state index contributed by atoms with van der Waals surface area (Å²) in [6.07, 6.45) is 0. The van der Waals surface area contributed by atoms with Gasteiger partial charge in [0, 0.05) is 11.1 Å². The Morgan fingerprint density at radius 2 is 2.07 bits per heavy atom. The van der Waals surface area contributed by atoms with Crippen molar-refractivity contribution in [3.63, 3.8) is 0 Å². The third-order valence-corrected chi connectivity index (χ3v) is 8.36. The van der Waals surface area contributed by atoms with Crippen LogP contribution in [0.3, 0.4) is 0 Å². The smallest absolute Gasteiger partial charge is 0.279 e. The van der Waals surface area contributed by atoms with Gasteiger partial charge in [0.1, 0.15) is 9.96 Å². The summed E-state index contributed by atoms with van der Waals surface area (Å²) in [5, 5.41) is 5.20. The molecular weight excluding hydrogens is 422 g/mol. The van der Waals surface area contributed by atoms with Crippen LogP contribution in [0.25, 0.3) is 0 Å². The molecule has 1 aliphatic heterocycles. The van der Waals surface area contributed by atoms with Crippen molar-refractivity contribution in [2.24, 2.45) is 0 Å². The minimum absolute atomic E-state index is 0.149. The van der Waals surface area contributed by atoms with Crippen molar-refractivity contribution < 1.29 is 22.8 Å². The second-order valence-corrected chi connectivity index (χ2v) is 10.1. The van der Waals surface area contributed by atoms with Crippen LogP contribution in [0.2, 0.25) is 5.02 Å². The molecule has 2 aromatic rings. The molecule has 0 radical (unpaired) electrons. The average molecular weight is 445 g/mol. The Hall–Kier alpha value is -1.65. The number of ether oxygens (including phenoxy) is 1. The summed E-state index contributed by atoms with van der Waals surface area (Å²) in [5.74, 6) is 0.357. The van der Waals surface area contributed by atoms with E-state index in [4.69, 9.17) is 16.3 Å². The van der Waals surface area contributed by atoms with Crippen molar-refractivity contribution in [2.75, 3.05) is 45.2 Å². The van der Waals surface area contributed by atoms with Crippen LogP contribution in [0.15, 0.2) is 33.9 Å². The van der Waals surface area contributed by atoms with Gasteiger partial charge in [-0.15, -0.1) is 11.3 Å². The molecule has 2 N–H and O–H groups in total. The van der Waals surface area contributed by atoms with E-state index in [9.17, 15) is 13.2 Å². The average Bonchev–Trinajstić information content (AvgIpc) is 3.20. The summed E-state index contributed by atoms with van der Waals surface area (Å²) in [4.78, 5) is 13.5. The summed E-state index contributed by atoms with van der Waals surface area (Å²) in [5.41, 5.74) is 1.42. The summed E-state index contributed by atoms with van der Waals surface area (Å²) < 4.78 is 32.3. The zero-order valence-corrected chi connectivity index (χ0v) is 18.1. The van der Waals surface area contributed by atoms with Crippen molar-refractivity contribution in [1.29, 1.82) is 0 Å². The van der Waals surface area contributed by atoms with Gasteiger partial charge in [0.15, 0.2) is 6.54 Å². The molecule has 0 spiro atoms. The molecule has 0 bridgehead atoms. The highest BCUT2D eigenvalue weighted by Gasteiger charge is 2.31. The van der Waals surface area contributed by atoms with Gasteiger partial charge in [-0.05, 0) is 30.0 Å². The highest BCUT2D eigenvalue weighted by Crippen LogP contribution is 2.30. The number of hydrogen-bond acceptors (Lipinski definition) is 5. The fourth-order valence-corrected chi connectivity index (χ4v) is 5.85. The number of rotatable bonds is 6. The number of halogens is 1. The van der Waals surface area contributed by atoms with Crippen molar-refractivity contribution >= 4 is 44.6 Å². The van der Waals surface area contributed by atoms with E-state index in [0.29, 0.717) is 46.8 Å². The normalized spacial score (nSPS) is 16.1. The molecule has 2 heterocycles. The van der Waals surface area contributed by atoms with Crippen LogP contribution in [-0.4, -0.2) is 58.5 Å². The number of benzene rings is 1. The third kappa shape index (κ3) is 4.66. The fourth-order valence-electron chi connectivity index (χ4n) is 3.11. The largest absolute Gasteiger partial charge is 0.495 e. The van der Waals surface area contributed by atoms with Gasteiger partial charge in [0.2, 0.25) is 0 Å². The molecule has 10 heteroatoms. The lowest BCUT2D eigenvalue weighted by Crippen LogP contribution is -3.15. The molecule has 0 aliphatic carbocycles. The number of sulfonamides is 1. The molecule has 1 amide bonds. The number of nitrogens with one attached hydrogen (secondary N) is 2. The first-order valence-electron chi connectivity index (χ1n) is 8.82. The second kappa shape index (κ2) is 8.79. The van der Waals surface area contributed by atoms with Crippen molar-refractivity contribution in [1.82, 2.24) is 4.31 Å². The van der Waals surface area contributed by atoms with Gasteiger partial charge < -0.3 is 15.0 Å². The Kier molecular flexibility index (Phi) is 6.61. The van der Waals surface area contributed by atoms with E-state index in [1.165, 1.54) is 22.8 Å². The van der Waals surface area contributed by atoms with Crippen LogP contribution in [0, 0.1) is 6.92 Å². The molecule has 152 valence electrons. The maximum absolute atomic E-state index is 12.6. The lowest BCUT2D eigenvalue weighted by Gasteiger charge is -2.30. The van der Waals surface area contributed by atoms with E-state index >= 15 is 0 Å². The summed E-state index contributed by atoms with van der Waals surface area (Å²) in [7, 11) is -1.91. The van der Waals surface area contributed by atoms with Gasteiger partial charge >= 0.3 is 0 Å². The number of amides is 1. The highest BCUT2D eigenvalue weighted by atomic mass is 35.5. The topological polar surface area (TPSA) is 80.2 Å². The van der Waals surface area contributed by atoms with Crippen molar-refractivity contribution in [2.45, 2.75) is 11.1 Å². The first kappa shape index (κ1) is 21.1. The first-order valence-corrected chi connectivity index (χ1v) is 11.5. The molecule has 3 rings (SSSR count). The van der Waals surface area contributed by atoms with Crippen LogP contribution < -0.4 is 15.0 Å². The van der Waals surface area contributed by atoms with Crippen LogP contribution in [0.4, 0.5) is 5.69 Å². The van der Waals surface area contributed by atoms with E-state index in [0.717, 1.165) is 10.5 Å². The number of aryl methyl sites for hydroxylation is 1. The molecule has 0 atom stereocenters. The monoisotopic (exact) mass is 444 g/mol. The molecule has 1 fully saturated rings. The van der Waals surface area contributed by atoms with Gasteiger partial charge in [0.05, 0.1) is 39.0 Å². The van der Waals surface area contributed by atoms with E-state index in [1.54, 1.807) is 29.6 Å². The van der Waals surface area contributed by atoms with E-state index < -0.39 is 10.0 Å². The first-order chi connectivity index (χ1) is 13.3. The standard InChI is InChI=1S/C18H22ClN3O4S2/c1-13-10-15(16(26-2)11-14(13)19)20-17(23)12-21-5-7-22(8-6-21)28(24,25)18-4-3-9-27-18/h3-4,9-11H,5-8,12H2,1-2H3,(H,20,23)/p+1. The molecule has 28 heavy (non-hydrogen) atoms. The number of carbonyl (C=O) groups is 1. The highest BCUT2D eigenvalue weighted by molar-refractivity contribution is 7.91. The Balaban J connectivity index is 1.57. The maximum atomic E-state index is 12.6. The van der Waals surface area contributed by atoms with Gasteiger partial charge in [-0.3, -0.25) is 4.79 Å². The minimum Gasteiger partial charge on any atom is -0.495 e. The van der Waals surface area contributed by atoms with Crippen LogP contribution >= 0.6 is 22.9 Å². The predicted octanol–water partition coefficient (Wildman–Crippen LogP) is 1.25. The zero-order valence-electron chi connectivity index (χ0n) is 15.7. The summed E-state index contributed by atoms with van der Waals surface area (Å²) in [6.45, 7) is 4.07. The van der Waals surface area contributed by atoms with Crippen LogP contribution in [0.5, 0.6) is 5.75 Å². The lowest BCUT2D eigenvalue weighted by molar-refractivity contribution is -0.895.